The molecule has 1 aromatic rings. The zero-order valence-corrected chi connectivity index (χ0v) is 9.45. The maximum absolute atomic E-state index is 11.4. The topological polar surface area (TPSA) is 71.3 Å². The summed E-state index contributed by atoms with van der Waals surface area (Å²) < 4.78 is 4.91. The van der Waals surface area contributed by atoms with Crippen molar-refractivity contribution >= 4 is 11.8 Å². The van der Waals surface area contributed by atoms with Crippen LogP contribution in [-0.4, -0.2) is 24.9 Å². The van der Waals surface area contributed by atoms with E-state index in [9.17, 15) is 9.59 Å². The van der Waals surface area contributed by atoms with E-state index >= 15 is 0 Å². The molecule has 1 rings (SSSR count). The molecule has 0 aliphatic carbocycles. The molecule has 0 aliphatic heterocycles. The molecule has 2 amide bonds. The van der Waals surface area contributed by atoms with Gasteiger partial charge in [0.05, 0.1) is 6.26 Å². The SMILES string of the molecule is CC(C)C(=O)NCCNC(=O)c1ccco1. The normalized spacial score (nSPS) is 10.2. The highest BCUT2D eigenvalue weighted by molar-refractivity contribution is 5.91. The lowest BCUT2D eigenvalue weighted by molar-refractivity contribution is -0.123. The zero-order chi connectivity index (χ0) is 12.0. The summed E-state index contributed by atoms with van der Waals surface area (Å²) >= 11 is 0. The van der Waals surface area contributed by atoms with Gasteiger partial charge >= 0.3 is 0 Å². The van der Waals surface area contributed by atoms with E-state index in [1.807, 2.05) is 13.8 Å². The van der Waals surface area contributed by atoms with Gasteiger partial charge in [0.2, 0.25) is 5.91 Å². The van der Waals surface area contributed by atoms with Gasteiger partial charge in [0, 0.05) is 19.0 Å². The molecule has 0 fully saturated rings. The van der Waals surface area contributed by atoms with E-state index in [4.69, 9.17) is 4.42 Å². The highest BCUT2D eigenvalue weighted by atomic mass is 16.3. The molecule has 0 radical (unpaired) electrons. The molecule has 0 aromatic carbocycles. The maximum atomic E-state index is 11.4. The average Bonchev–Trinajstić information content (AvgIpc) is 2.76. The van der Waals surface area contributed by atoms with Crippen LogP contribution in [0.5, 0.6) is 0 Å². The van der Waals surface area contributed by atoms with Crippen molar-refractivity contribution in [2.45, 2.75) is 13.8 Å². The Morgan fingerprint density at radius 1 is 1.31 bits per heavy atom. The van der Waals surface area contributed by atoms with Gasteiger partial charge in [0.25, 0.3) is 5.91 Å². The molecule has 0 spiro atoms. The standard InChI is InChI=1S/C11H16N2O3/c1-8(2)10(14)12-5-6-13-11(15)9-4-3-7-16-9/h3-4,7-8H,5-6H2,1-2H3,(H,12,14)(H,13,15). The van der Waals surface area contributed by atoms with Crippen LogP contribution in [0.1, 0.15) is 24.4 Å². The molecule has 0 saturated carbocycles. The zero-order valence-electron chi connectivity index (χ0n) is 9.45. The van der Waals surface area contributed by atoms with E-state index in [2.05, 4.69) is 10.6 Å². The molecule has 2 N–H and O–H groups in total. The first-order valence-corrected chi connectivity index (χ1v) is 5.20. The van der Waals surface area contributed by atoms with Crippen molar-refractivity contribution in [1.82, 2.24) is 10.6 Å². The Hall–Kier alpha value is -1.78. The van der Waals surface area contributed by atoms with Crippen molar-refractivity contribution in [2.75, 3.05) is 13.1 Å². The van der Waals surface area contributed by atoms with Crippen LogP contribution in [-0.2, 0) is 4.79 Å². The van der Waals surface area contributed by atoms with Crippen molar-refractivity contribution in [3.8, 4) is 0 Å². The molecular weight excluding hydrogens is 208 g/mol. The smallest absolute Gasteiger partial charge is 0.287 e. The summed E-state index contributed by atoms with van der Waals surface area (Å²) in [4.78, 5) is 22.5. The van der Waals surface area contributed by atoms with Crippen molar-refractivity contribution in [3.05, 3.63) is 24.2 Å². The number of furan rings is 1. The number of rotatable bonds is 5. The predicted octanol–water partition coefficient (Wildman–Crippen LogP) is 0.782. The third-order valence-corrected chi connectivity index (χ3v) is 1.98. The summed E-state index contributed by atoms with van der Waals surface area (Å²) in [5, 5.41) is 5.33. The van der Waals surface area contributed by atoms with Gasteiger partial charge < -0.3 is 15.1 Å². The lowest BCUT2D eigenvalue weighted by Crippen LogP contribution is -2.36. The van der Waals surface area contributed by atoms with Gasteiger partial charge in [-0.3, -0.25) is 9.59 Å². The molecule has 0 atom stereocenters. The van der Waals surface area contributed by atoms with Crippen LogP contribution in [0.25, 0.3) is 0 Å². The summed E-state index contributed by atoms with van der Waals surface area (Å²) in [6.45, 7) is 4.44. The Bertz CT molecular complexity index is 344. The summed E-state index contributed by atoms with van der Waals surface area (Å²) in [5.41, 5.74) is 0. The van der Waals surface area contributed by atoms with Crippen LogP contribution in [0.4, 0.5) is 0 Å². The third-order valence-electron chi connectivity index (χ3n) is 1.98. The van der Waals surface area contributed by atoms with Gasteiger partial charge in [-0.25, -0.2) is 0 Å². The van der Waals surface area contributed by atoms with Gasteiger partial charge in [-0.15, -0.1) is 0 Å². The highest BCUT2D eigenvalue weighted by Gasteiger charge is 2.08. The second-order valence-electron chi connectivity index (χ2n) is 3.68. The molecule has 0 aliphatic rings. The van der Waals surface area contributed by atoms with E-state index in [0.717, 1.165) is 0 Å². The second-order valence-corrected chi connectivity index (χ2v) is 3.68. The molecule has 16 heavy (non-hydrogen) atoms. The molecule has 0 bridgehead atoms. The fourth-order valence-electron chi connectivity index (χ4n) is 1.06. The molecule has 1 aromatic heterocycles. The molecule has 0 saturated heterocycles. The minimum Gasteiger partial charge on any atom is -0.459 e. The number of hydrogen-bond donors (Lipinski definition) is 2. The summed E-state index contributed by atoms with van der Waals surface area (Å²) in [6, 6.07) is 3.23. The maximum Gasteiger partial charge on any atom is 0.287 e. The van der Waals surface area contributed by atoms with Crippen LogP contribution in [0.15, 0.2) is 22.8 Å². The quantitative estimate of drug-likeness (QED) is 0.726. The van der Waals surface area contributed by atoms with E-state index < -0.39 is 0 Å². The van der Waals surface area contributed by atoms with E-state index in [-0.39, 0.29) is 23.5 Å². The first-order chi connectivity index (χ1) is 7.61. The number of carbonyl (C=O) groups excluding carboxylic acids is 2. The monoisotopic (exact) mass is 224 g/mol. The molecular formula is C11H16N2O3. The molecule has 1 heterocycles. The van der Waals surface area contributed by atoms with Gasteiger partial charge in [0.15, 0.2) is 5.76 Å². The fraction of sp³-hybridized carbons (Fsp3) is 0.455. The second kappa shape index (κ2) is 5.95. The van der Waals surface area contributed by atoms with Crippen LogP contribution in [0.3, 0.4) is 0 Å². The van der Waals surface area contributed by atoms with E-state index in [1.54, 1.807) is 12.1 Å². The third kappa shape index (κ3) is 3.76. The summed E-state index contributed by atoms with van der Waals surface area (Å²) in [5.74, 6) is -0.0630. The number of amides is 2. The summed E-state index contributed by atoms with van der Waals surface area (Å²) in [6.07, 6.45) is 1.44. The Morgan fingerprint density at radius 2 is 2.00 bits per heavy atom. The molecule has 0 unspecified atom stereocenters. The van der Waals surface area contributed by atoms with Crippen LogP contribution in [0, 0.1) is 5.92 Å². The number of hydrogen-bond acceptors (Lipinski definition) is 3. The van der Waals surface area contributed by atoms with Crippen molar-refractivity contribution in [3.63, 3.8) is 0 Å². The molecule has 88 valence electrons. The van der Waals surface area contributed by atoms with Crippen LogP contribution < -0.4 is 10.6 Å². The predicted molar refractivity (Wildman–Crippen MR) is 58.9 cm³/mol. The Kier molecular flexibility index (Phi) is 4.57. The lowest BCUT2D eigenvalue weighted by Gasteiger charge is -2.07. The fourth-order valence-corrected chi connectivity index (χ4v) is 1.06. The largest absolute Gasteiger partial charge is 0.459 e. The van der Waals surface area contributed by atoms with E-state index in [1.165, 1.54) is 6.26 Å². The van der Waals surface area contributed by atoms with Crippen LogP contribution in [0.2, 0.25) is 0 Å². The Morgan fingerprint density at radius 3 is 2.56 bits per heavy atom. The van der Waals surface area contributed by atoms with Gasteiger partial charge in [-0.05, 0) is 12.1 Å². The van der Waals surface area contributed by atoms with Gasteiger partial charge in [-0.2, -0.15) is 0 Å². The minimum absolute atomic E-state index is 0.0211. The van der Waals surface area contributed by atoms with E-state index in [0.29, 0.717) is 13.1 Å². The average molecular weight is 224 g/mol. The summed E-state index contributed by atoms with van der Waals surface area (Å²) in [7, 11) is 0. The van der Waals surface area contributed by atoms with Crippen LogP contribution >= 0.6 is 0 Å². The lowest BCUT2D eigenvalue weighted by atomic mass is 10.2. The van der Waals surface area contributed by atoms with Gasteiger partial charge in [-0.1, -0.05) is 13.8 Å². The number of nitrogens with one attached hydrogen (secondary N) is 2. The first kappa shape index (κ1) is 12.3. The Labute approximate surface area is 94.2 Å². The molecule has 5 heteroatoms. The Balaban J connectivity index is 2.17. The first-order valence-electron chi connectivity index (χ1n) is 5.20. The molecule has 5 nitrogen and oxygen atoms in total. The highest BCUT2D eigenvalue weighted by Crippen LogP contribution is 1.98. The number of carbonyl (C=O) groups is 2. The van der Waals surface area contributed by atoms with Crippen molar-refractivity contribution in [2.24, 2.45) is 5.92 Å². The van der Waals surface area contributed by atoms with Crippen molar-refractivity contribution in [1.29, 1.82) is 0 Å². The van der Waals surface area contributed by atoms with Gasteiger partial charge in [0.1, 0.15) is 0 Å². The van der Waals surface area contributed by atoms with Crippen molar-refractivity contribution < 1.29 is 14.0 Å². The minimum atomic E-state index is -0.274.